The highest BCUT2D eigenvalue weighted by molar-refractivity contribution is 7.21. The van der Waals surface area contributed by atoms with Gasteiger partial charge in [0.1, 0.15) is 17.0 Å². The Balaban J connectivity index is 1.64. The van der Waals surface area contributed by atoms with Crippen molar-refractivity contribution in [3.05, 3.63) is 42.7 Å². The Hall–Kier alpha value is -2.02. The third-order valence-electron chi connectivity index (χ3n) is 4.49. The van der Waals surface area contributed by atoms with Crippen molar-refractivity contribution in [1.82, 2.24) is 9.97 Å². The fraction of sp³-hybridized carbons (Fsp3) is 0.368. The normalized spacial score (nSPS) is 18.0. The van der Waals surface area contributed by atoms with Crippen LogP contribution in [0.1, 0.15) is 12.8 Å². The number of fused-ring (bicyclic) bond motifs is 1. The summed E-state index contributed by atoms with van der Waals surface area (Å²) >= 11 is 1.70. The molecule has 1 fully saturated rings. The number of aromatic nitrogens is 2. The number of nitrogens with zero attached hydrogens (tertiary/aromatic N) is 3. The van der Waals surface area contributed by atoms with Crippen LogP contribution in [0.4, 0.5) is 5.82 Å². The van der Waals surface area contributed by atoms with Crippen molar-refractivity contribution in [2.24, 2.45) is 0 Å². The lowest BCUT2D eigenvalue weighted by Gasteiger charge is -2.33. The first-order chi connectivity index (χ1) is 12.3. The highest BCUT2D eigenvalue weighted by Crippen LogP contribution is 2.36. The van der Waals surface area contributed by atoms with Crippen LogP contribution in [0.15, 0.2) is 42.7 Å². The van der Waals surface area contributed by atoms with Crippen LogP contribution in [0.5, 0.6) is 0 Å². The molecule has 0 radical (unpaired) electrons. The minimum Gasteiger partial charge on any atom is -0.394 e. The number of ether oxygens (including phenoxy) is 1. The van der Waals surface area contributed by atoms with Crippen LogP contribution in [-0.4, -0.2) is 47.5 Å². The van der Waals surface area contributed by atoms with E-state index in [1.54, 1.807) is 17.7 Å². The van der Waals surface area contributed by atoms with Gasteiger partial charge in [-0.3, -0.25) is 0 Å². The molecule has 25 heavy (non-hydrogen) atoms. The van der Waals surface area contributed by atoms with Gasteiger partial charge >= 0.3 is 0 Å². The van der Waals surface area contributed by atoms with E-state index in [1.807, 2.05) is 6.07 Å². The smallest absolute Gasteiger partial charge is 0.140 e. The van der Waals surface area contributed by atoms with Gasteiger partial charge in [0, 0.05) is 18.0 Å². The lowest BCUT2D eigenvalue weighted by atomic mass is 10.1. The maximum atomic E-state index is 8.97. The van der Waals surface area contributed by atoms with Crippen LogP contribution < -0.4 is 4.90 Å². The maximum absolute atomic E-state index is 8.97. The van der Waals surface area contributed by atoms with Gasteiger partial charge in [-0.2, -0.15) is 0 Å². The second kappa shape index (κ2) is 7.47. The number of hydrogen-bond donors (Lipinski definition) is 1. The van der Waals surface area contributed by atoms with Crippen LogP contribution >= 0.6 is 11.3 Å². The Labute approximate surface area is 150 Å². The lowest BCUT2D eigenvalue weighted by Crippen LogP contribution is -2.40. The minimum absolute atomic E-state index is 0.0687. The average molecular weight is 355 g/mol. The molecule has 1 atom stereocenters. The van der Waals surface area contributed by atoms with Crippen LogP contribution in [0, 0.1) is 0 Å². The molecule has 1 unspecified atom stereocenters. The molecule has 6 heteroatoms. The second-order valence-corrected chi connectivity index (χ2v) is 7.23. The summed E-state index contributed by atoms with van der Waals surface area (Å²) in [6.07, 6.45) is 3.90. The maximum Gasteiger partial charge on any atom is 0.140 e. The van der Waals surface area contributed by atoms with Gasteiger partial charge in [-0.25, -0.2) is 9.97 Å². The highest BCUT2D eigenvalue weighted by atomic mass is 32.1. The van der Waals surface area contributed by atoms with Crippen LogP contribution in [0.2, 0.25) is 0 Å². The van der Waals surface area contributed by atoms with E-state index >= 15 is 0 Å². The third kappa shape index (κ3) is 3.51. The molecule has 5 nitrogen and oxygen atoms in total. The third-order valence-corrected chi connectivity index (χ3v) is 5.58. The Morgan fingerprint density at radius 3 is 2.96 bits per heavy atom. The number of aliphatic hydroxyl groups is 1. The summed E-state index contributed by atoms with van der Waals surface area (Å²) < 4.78 is 5.74. The number of aliphatic hydroxyl groups excluding tert-OH is 1. The van der Waals surface area contributed by atoms with E-state index in [0.29, 0.717) is 6.61 Å². The molecule has 1 aromatic carbocycles. The molecule has 0 amide bonds. The van der Waals surface area contributed by atoms with Crippen molar-refractivity contribution in [2.75, 3.05) is 31.2 Å². The number of anilines is 1. The zero-order valence-electron chi connectivity index (χ0n) is 14.0. The van der Waals surface area contributed by atoms with E-state index in [4.69, 9.17) is 9.84 Å². The van der Waals surface area contributed by atoms with Crippen molar-refractivity contribution in [3.8, 4) is 10.4 Å². The van der Waals surface area contributed by atoms with Gasteiger partial charge in [-0.05, 0) is 24.5 Å². The van der Waals surface area contributed by atoms with Crippen molar-refractivity contribution in [3.63, 3.8) is 0 Å². The van der Waals surface area contributed by atoms with Gasteiger partial charge in [0.15, 0.2) is 0 Å². The predicted molar refractivity (Wildman–Crippen MR) is 101 cm³/mol. The molecule has 3 heterocycles. The van der Waals surface area contributed by atoms with Gasteiger partial charge in [-0.1, -0.05) is 30.3 Å². The SMILES string of the molecule is OCCOC1CCCN(c2ncnc3sc(-c4ccccc4)cc23)C1. The summed E-state index contributed by atoms with van der Waals surface area (Å²) in [5.74, 6) is 0.987. The first kappa shape index (κ1) is 16.4. The van der Waals surface area contributed by atoms with Crippen LogP contribution in [-0.2, 0) is 4.74 Å². The monoisotopic (exact) mass is 355 g/mol. The second-order valence-electron chi connectivity index (χ2n) is 6.20. The fourth-order valence-electron chi connectivity index (χ4n) is 3.33. The molecular formula is C19H21N3O2S. The molecule has 2 aromatic heterocycles. The standard InChI is InChI=1S/C19H21N3O2S/c23-9-10-24-15-7-4-8-22(12-15)18-16-11-17(14-5-2-1-3-6-14)25-19(16)21-13-20-18/h1-3,5-6,11,13,15,23H,4,7-10,12H2. The van der Waals surface area contributed by atoms with Gasteiger partial charge in [0.2, 0.25) is 0 Å². The summed E-state index contributed by atoms with van der Waals surface area (Å²) in [4.78, 5) is 13.6. The molecule has 0 saturated carbocycles. The number of benzene rings is 1. The van der Waals surface area contributed by atoms with Crippen molar-refractivity contribution >= 4 is 27.4 Å². The predicted octanol–water partition coefficient (Wildman–Crippen LogP) is 3.34. The Morgan fingerprint density at radius 2 is 2.12 bits per heavy atom. The summed E-state index contributed by atoms with van der Waals surface area (Å²) in [6, 6.07) is 12.6. The van der Waals surface area contributed by atoms with E-state index in [9.17, 15) is 0 Å². The molecule has 0 bridgehead atoms. The first-order valence-electron chi connectivity index (χ1n) is 8.62. The van der Waals surface area contributed by atoms with Crippen molar-refractivity contribution in [1.29, 1.82) is 0 Å². The van der Waals surface area contributed by atoms with E-state index in [2.05, 4.69) is 45.2 Å². The van der Waals surface area contributed by atoms with Gasteiger partial charge in [-0.15, -0.1) is 11.3 Å². The molecule has 1 saturated heterocycles. The van der Waals surface area contributed by atoms with Gasteiger partial charge < -0.3 is 14.7 Å². The topological polar surface area (TPSA) is 58.5 Å². The minimum atomic E-state index is 0.0687. The molecule has 1 aliphatic heterocycles. The number of piperidine rings is 1. The van der Waals surface area contributed by atoms with Crippen molar-refractivity contribution in [2.45, 2.75) is 18.9 Å². The number of hydrogen-bond acceptors (Lipinski definition) is 6. The van der Waals surface area contributed by atoms with Gasteiger partial charge in [0.25, 0.3) is 0 Å². The highest BCUT2D eigenvalue weighted by Gasteiger charge is 2.23. The van der Waals surface area contributed by atoms with E-state index in [-0.39, 0.29) is 12.7 Å². The molecule has 3 aromatic rings. The molecule has 130 valence electrons. The number of thiophene rings is 1. The summed E-state index contributed by atoms with van der Waals surface area (Å²) in [5, 5.41) is 10.1. The molecular weight excluding hydrogens is 334 g/mol. The summed E-state index contributed by atoms with van der Waals surface area (Å²) in [7, 11) is 0. The van der Waals surface area contributed by atoms with Crippen LogP contribution in [0.25, 0.3) is 20.7 Å². The molecule has 0 spiro atoms. The van der Waals surface area contributed by atoms with E-state index < -0.39 is 0 Å². The number of rotatable bonds is 5. The van der Waals surface area contributed by atoms with Crippen molar-refractivity contribution < 1.29 is 9.84 Å². The largest absolute Gasteiger partial charge is 0.394 e. The quantitative estimate of drug-likeness (QED) is 0.761. The van der Waals surface area contributed by atoms with Crippen LogP contribution in [0.3, 0.4) is 0 Å². The zero-order valence-corrected chi connectivity index (χ0v) is 14.8. The Kier molecular flexibility index (Phi) is 4.92. The molecule has 1 aliphatic rings. The summed E-state index contributed by atoms with van der Waals surface area (Å²) in [5.41, 5.74) is 1.21. The van der Waals surface area contributed by atoms with Gasteiger partial charge in [0.05, 0.1) is 24.7 Å². The lowest BCUT2D eigenvalue weighted by molar-refractivity contribution is 0.0214. The first-order valence-corrected chi connectivity index (χ1v) is 9.44. The fourth-order valence-corrected chi connectivity index (χ4v) is 4.32. The zero-order chi connectivity index (χ0) is 17.1. The molecule has 4 rings (SSSR count). The van der Waals surface area contributed by atoms with E-state index in [1.165, 1.54) is 10.4 Å². The Morgan fingerprint density at radius 1 is 1.24 bits per heavy atom. The molecule has 0 aliphatic carbocycles. The Bertz CT molecular complexity index is 837. The average Bonchev–Trinajstić information content (AvgIpc) is 3.11. The molecule has 1 N–H and O–H groups in total. The van der Waals surface area contributed by atoms with E-state index in [0.717, 1.165) is 42.0 Å². The summed E-state index contributed by atoms with van der Waals surface area (Å²) in [6.45, 7) is 2.25.